The molecular formula is C16H25NO2. The van der Waals surface area contributed by atoms with Crippen LogP contribution in [-0.2, 0) is 10.2 Å². The van der Waals surface area contributed by atoms with Gasteiger partial charge >= 0.3 is 0 Å². The smallest absolute Gasteiger partial charge is 0.122 e. The van der Waals surface area contributed by atoms with Crippen LogP contribution in [0.4, 0.5) is 0 Å². The Morgan fingerprint density at radius 1 is 1.32 bits per heavy atom. The molecule has 106 valence electrons. The lowest BCUT2D eigenvalue weighted by Crippen LogP contribution is -2.42. The van der Waals surface area contributed by atoms with E-state index in [0.717, 1.165) is 44.9 Å². The van der Waals surface area contributed by atoms with E-state index in [1.54, 1.807) is 7.11 Å². The second kappa shape index (κ2) is 6.40. The fourth-order valence-electron chi connectivity index (χ4n) is 2.84. The summed E-state index contributed by atoms with van der Waals surface area (Å²) in [6.45, 7) is 7.96. The zero-order valence-electron chi connectivity index (χ0n) is 12.3. The summed E-state index contributed by atoms with van der Waals surface area (Å²) in [5.41, 5.74) is 2.76. The molecule has 1 fully saturated rings. The molecule has 0 atom stereocenters. The molecular weight excluding hydrogens is 238 g/mol. The van der Waals surface area contributed by atoms with E-state index in [1.165, 1.54) is 11.1 Å². The summed E-state index contributed by atoms with van der Waals surface area (Å²) in [5, 5.41) is 3.51. The minimum Gasteiger partial charge on any atom is -0.496 e. The van der Waals surface area contributed by atoms with Crippen LogP contribution in [0.2, 0.25) is 0 Å². The molecule has 1 aliphatic rings. The number of aryl methyl sites for hydroxylation is 1. The SMILES string of the molecule is CCNCC1(c2ccc(C)c(OC)c2)CCOCC1. The van der Waals surface area contributed by atoms with Gasteiger partial charge in [0.15, 0.2) is 0 Å². The topological polar surface area (TPSA) is 30.5 Å². The van der Waals surface area contributed by atoms with Crippen LogP contribution in [0.3, 0.4) is 0 Å². The quantitative estimate of drug-likeness (QED) is 0.886. The molecule has 1 aromatic rings. The number of benzene rings is 1. The summed E-state index contributed by atoms with van der Waals surface area (Å²) in [4.78, 5) is 0. The zero-order chi connectivity index (χ0) is 13.7. The summed E-state index contributed by atoms with van der Waals surface area (Å²) in [6, 6.07) is 6.62. The van der Waals surface area contributed by atoms with Crippen molar-refractivity contribution in [2.75, 3.05) is 33.4 Å². The van der Waals surface area contributed by atoms with Gasteiger partial charge < -0.3 is 14.8 Å². The first kappa shape index (κ1) is 14.4. The van der Waals surface area contributed by atoms with E-state index in [0.29, 0.717) is 0 Å². The highest BCUT2D eigenvalue weighted by Gasteiger charge is 2.34. The molecule has 0 bridgehead atoms. The maximum atomic E-state index is 5.55. The summed E-state index contributed by atoms with van der Waals surface area (Å²) in [6.07, 6.45) is 2.15. The maximum absolute atomic E-state index is 5.55. The second-order valence-corrected chi connectivity index (χ2v) is 5.36. The molecule has 0 unspecified atom stereocenters. The molecule has 1 aliphatic heterocycles. The van der Waals surface area contributed by atoms with Gasteiger partial charge in [0.25, 0.3) is 0 Å². The van der Waals surface area contributed by atoms with Gasteiger partial charge in [0.05, 0.1) is 7.11 Å². The van der Waals surface area contributed by atoms with Crippen molar-refractivity contribution in [3.05, 3.63) is 29.3 Å². The fourth-order valence-corrected chi connectivity index (χ4v) is 2.84. The van der Waals surface area contributed by atoms with Crippen molar-refractivity contribution < 1.29 is 9.47 Å². The lowest BCUT2D eigenvalue weighted by molar-refractivity contribution is 0.0500. The van der Waals surface area contributed by atoms with Gasteiger partial charge in [-0.2, -0.15) is 0 Å². The van der Waals surface area contributed by atoms with Crippen LogP contribution in [0.1, 0.15) is 30.9 Å². The molecule has 1 saturated heterocycles. The molecule has 0 amide bonds. The maximum Gasteiger partial charge on any atom is 0.122 e. The highest BCUT2D eigenvalue weighted by molar-refractivity contribution is 5.40. The Kier molecular flexibility index (Phi) is 4.83. The third-order valence-corrected chi connectivity index (χ3v) is 4.18. The first-order valence-corrected chi connectivity index (χ1v) is 7.15. The normalized spacial score (nSPS) is 18.3. The minimum atomic E-state index is 0.190. The van der Waals surface area contributed by atoms with Gasteiger partial charge in [-0.3, -0.25) is 0 Å². The monoisotopic (exact) mass is 263 g/mol. The van der Waals surface area contributed by atoms with Gasteiger partial charge in [-0.15, -0.1) is 0 Å². The Balaban J connectivity index is 2.31. The molecule has 1 aromatic carbocycles. The predicted octanol–water partition coefficient (Wildman–Crippen LogP) is 2.66. The van der Waals surface area contributed by atoms with Crippen molar-refractivity contribution in [1.82, 2.24) is 5.32 Å². The van der Waals surface area contributed by atoms with Gasteiger partial charge in [-0.1, -0.05) is 19.1 Å². The Labute approximate surface area is 116 Å². The van der Waals surface area contributed by atoms with Gasteiger partial charge in [-0.05, 0) is 43.5 Å². The van der Waals surface area contributed by atoms with Gasteiger partial charge in [-0.25, -0.2) is 0 Å². The van der Waals surface area contributed by atoms with Crippen molar-refractivity contribution in [3.63, 3.8) is 0 Å². The number of rotatable bonds is 5. The average molecular weight is 263 g/mol. The summed E-state index contributed by atoms with van der Waals surface area (Å²) >= 11 is 0. The van der Waals surface area contributed by atoms with Crippen molar-refractivity contribution in [2.24, 2.45) is 0 Å². The summed E-state index contributed by atoms with van der Waals surface area (Å²) < 4.78 is 11.0. The third-order valence-electron chi connectivity index (χ3n) is 4.18. The summed E-state index contributed by atoms with van der Waals surface area (Å²) in [7, 11) is 1.74. The number of hydrogen-bond donors (Lipinski definition) is 1. The largest absolute Gasteiger partial charge is 0.496 e. The molecule has 0 spiro atoms. The molecule has 0 saturated carbocycles. The molecule has 0 aromatic heterocycles. The Morgan fingerprint density at radius 2 is 2.05 bits per heavy atom. The highest BCUT2D eigenvalue weighted by atomic mass is 16.5. The molecule has 3 nitrogen and oxygen atoms in total. The Hall–Kier alpha value is -1.06. The van der Waals surface area contributed by atoms with E-state index in [4.69, 9.17) is 9.47 Å². The number of nitrogens with one attached hydrogen (secondary N) is 1. The van der Waals surface area contributed by atoms with E-state index in [-0.39, 0.29) is 5.41 Å². The molecule has 19 heavy (non-hydrogen) atoms. The van der Waals surface area contributed by atoms with Crippen molar-refractivity contribution >= 4 is 0 Å². The van der Waals surface area contributed by atoms with Crippen LogP contribution in [0.5, 0.6) is 5.75 Å². The van der Waals surface area contributed by atoms with E-state index >= 15 is 0 Å². The number of ether oxygens (including phenoxy) is 2. The lowest BCUT2D eigenvalue weighted by atomic mass is 9.74. The number of hydrogen-bond acceptors (Lipinski definition) is 3. The first-order chi connectivity index (χ1) is 9.22. The van der Waals surface area contributed by atoms with Gasteiger partial charge in [0, 0.05) is 25.2 Å². The highest BCUT2D eigenvalue weighted by Crippen LogP contribution is 2.36. The predicted molar refractivity (Wildman–Crippen MR) is 78.0 cm³/mol. The molecule has 0 aliphatic carbocycles. The first-order valence-electron chi connectivity index (χ1n) is 7.15. The van der Waals surface area contributed by atoms with Crippen LogP contribution < -0.4 is 10.1 Å². The summed E-state index contributed by atoms with van der Waals surface area (Å²) in [5.74, 6) is 0.986. The van der Waals surface area contributed by atoms with Crippen molar-refractivity contribution in [1.29, 1.82) is 0 Å². The van der Waals surface area contributed by atoms with E-state index in [1.807, 2.05) is 0 Å². The molecule has 0 radical (unpaired) electrons. The number of likely N-dealkylation sites (N-methyl/N-ethyl adjacent to an activating group) is 1. The zero-order valence-corrected chi connectivity index (χ0v) is 12.3. The van der Waals surface area contributed by atoms with E-state index in [9.17, 15) is 0 Å². The molecule has 3 heteroatoms. The van der Waals surface area contributed by atoms with Crippen molar-refractivity contribution in [3.8, 4) is 5.75 Å². The van der Waals surface area contributed by atoms with Crippen LogP contribution >= 0.6 is 0 Å². The Bertz CT molecular complexity index is 411. The van der Waals surface area contributed by atoms with Crippen LogP contribution in [-0.4, -0.2) is 33.4 Å². The van der Waals surface area contributed by atoms with Crippen molar-refractivity contribution in [2.45, 2.75) is 32.1 Å². The standard InChI is InChI=1S/C16H25NO2/c1-4-17-12-16(7-9-19-10-8-16)14-6-5-13(2)15(11-14)18-3/h5-6,11,17H,4,7-10,12H2,1-3H3. The third kappa shape index (κ3) is 3.10. The molecule has 1 heterocycles. The lowest BCUT2D eigenvalue weighted by Gasteiger charge is -2.38. The Morgan fingerprint density at radius 3 is 2.68 bits per heavy atom. The van der Waals surface area contributed by atoms with Crippen LogP contribution in [0.15, 0.2) is 18.2 Å². The van der Waals surface area contributed by atoms with Crippen LogP contribution in [0.25, 0.3) is 0 Å². The number of methoxy groups -OCH3 is 1. The fraction of sp³-hybridized carbons (Fsp3) is 0.625. The average Bonchev–Trinajstić information content (AvgIpc) is 2.46. The van der Waals surface area contributed by atoms with Gasteiger partial charge in [0.1, 0.15) is 5.75 Å². The molecule has 1 N–H and O–H groups in total. The van der Waals surface area contributed by atoms with Crippen LogP contribution in [0, 0.1) is 6.92 Å². The molecule has 2 rings (SSSR count). The van der Waals surface area contributed by atoms with E-state index < -0.39 is 0 Å². The second-order valence-electron chi connectivity index (χ2n) is 5.36. The minimum absolute atomic E-state index is 0.190. The van der Waals surface area contributed by atoms with Gasteiger partial charge in [0.2, 0.25) is 0 Å². The van der Waals surface area contributed by atoms with E-state index in [2.05, 4.69) is 37.4 Å².